The lowest BCUT2D eigenvalue weighted by molar-refractivity contribution is 0.0744. The minimum Gasteiger partial charge on any atom is -0.314 e. The lowest BCUT2D eigenvalue weighted by Gasteiger charge is -2.20. The summed E-state index contributed by atoms with van der Waals surface area (Å²) in [5, 5.41) is 9.43. The smallest absolute Gasteiger partial charge is 0.255 e. The summed E-state index contributed by atoms with van der Waals surface area (Å²) in [6, 6.07) is 17.2. The Labute approximate surface area is 118 Å². The van der Waals surface area contributed by atoms with E-state index in [1.165, 1.54) is 0 Å². The molecule has 1 unspecified atom stereocenters. The van der Waals surface area contributed by atoms with Crippen molar-refractivity contribution in [3.05, 3.63) is 70.8 Å². The average molecular weight is 262 g/mol. The Bertz CT molecular complexity index is 701. The highest BCUT2D eigenvalue weighted by Crippen LogP contribution is 2.34. The number of hydrogen-bond acceptors (Lipinski definition) is 2. The number of amides is 1. The van der Waals surface area contributed by atoms with Crippen molar-refractivity contribution >= 4 is 5.91 Å². The summed E-state index contributed by atoms with van der Waals surface area (Å²) in [4.78, 5) is 14.1. The van der Waals surface area contributed by atoms with Gasteiger partial charge in [-0.15, -0.1) is 0 Å². The molecular formula is C17H14N2O. The van der Waals surface area contributed by atoms with Crippen LogP contribution in [0.25, 0.3) is 0 Å². The number of rotatable bonds is 2. The van der Waals surface area contributed by atoms with E-state index in [4.69, 9.17) is 0 Å². The third kappa shape index (κ3) is 1.96. The fraction of sp³-hybridized carbons (Fsp3) is 0.176. The summed E-state index contributed by atoms with van der Waals surface area (Å²) >= 11 is 0. The van der Waals surface area contributed by atoms with Gasteiger partial charge in [-0.05, 0) is 18.6 Å². The predicted octanol–water partition coefficient (Wildman–Crippen LogP) is 3.22. The number of aryl methyl sites for hydroxylation is 1. The quantitative estimate of drug-likeness (QED) is 0.834. The van der Waals surface area contributed by atoms with Crippen molar-refractivity contribution in [2.75, 3.05) is 0 Å². The van der Waals surface area contributed by atoms with E-state index in [1.807, 2.05) is 55.5 Å². The fourth-order valence-corrected chi connectivity index (χ4v) is 2.63. The van der Waals surface area contributed by atoms with Crippen LogP contribution in [0.15, 0.2) is 48.5 Å². The zero-order valence-corrected chi connectivity index (χ0v) is 11.2. The molecule has 1 atom stereocenters. The molecule has 0 aliphatic carbocycles. The Morgan fingerprint density at radius 1 is 1.20 bits per heavy atom. The van der Waals surface area contributed by atoms with Gasteiger partial charge in [0.15, 0.2) is 0 Å². The molecule has 3 rings (SSSR count). The van der Waals surface area contributed by atoms with Gasteiger partial charge >= 0.3 is 0 Å². The van der Waals surface area contributed by atoms with E-state index in [9.17, 15) is 10.1 Å². The van der Waals surface area contributed by atoms with Crippen LogP contribution in [0.1, 0.15) is 33.1 Å². The van der Waals surface area contributed by atoms with Gasteiger partial charge in [0.2, 0.25) is 0 Å². The maximum absolute atomic E-state index is 12.5. The molecule has 1 aliphatic heterocycles. The SMILES string of the molecule is Cc1ccc2c(c1)C(C#N)N(Cc1ccccc1)C2=O. The molecule has 2 aromatic carbocycles. The standard InChI is InChI=1S/C17H14N2O/c1-12-7-8-14-15(9-12)16(10-18)19(17(14)20)11-13-5-3-2-4-6-13/h2-9,16H,11H2,1H3. The number of hydrogen-bond donors (Lipinski definition) is 0. The Balaban J connectivity index is 1.98. The van der Waals surface area contributed by atoms with Gasteiger partial charge in [0.1, 0.15) is 6.04 Å². The van der Waals surface area contributed by atoms with Gasteiger partial charge < -0.3 is 4.90 Å². The van der Waals surface area contributed by atoms with Crippen molar-refractivity contribution in [1.29, 1.82) is 5.26 Å². The molecule has 0 fully saturated rings. The molecule has 2 aromatic rings. The minimum atomic E-state index is -0.488. The van der Waals surface area contributed by atoms with Gasteiger partial charge in [0.05, 0.1) is 6.07 Å². The van der Waals surface area contributed by atoms with Crippen molar-refractivity contribution in [2.24, 2.45) is 0 Å². The van der Waals surface area contributed by atoms with E-state index in [2.05, 4.69) is 6.07 Å². The van der Waals surface area contributed by atoms with Gasteiger partial charge in [-0.1, -0.05) is 48.0 Å². The molecule has 3 nitrogen and oxygen atoms in total. The molecule has 0 radical (unpaired) electrons. The molecule has 3 heteroatoms. The molecule has 0 spiro atoms. The number of carbonyl (C=O) groups is 1. The lowest BCUT2D eigenvalue weighted by Crippen LogP contribution is -2.26. The van der Waals surface area contributed by atoms with E-state index in [1.54, 1.807) is 4.90 Å². The van der Waals surface area contributed by atoms with Crippen LogP contribution < -0.4 is 0 Å². The number of nitriles is 1. The first-order chi connectivity index (χ1) is 9.70. The Morgan fingerprint density at radius 2 is 1.95 bits per heavy atom. The molecule has 0 bridgehead atoms. The molecule has 98 valence electrons. The summed E-state index contributed by atoms with van der Waals surface area (Å²) < 4.78 is 0. The van der Waals surface area contributed by atoms with Crippen molar-refractivity contribution in [3.8, 4) is 6.07 Å². The Hall–Kier alpha value is -2.60. The molecule has 1 amide bonds. The van der Waals surface area contributed by atoms with Gasteiger partial charge in [-0.3, -0.25) is 4.79 Å². The average Bonchev–Trinajstić information content (AvgIpc) is 2.72. The third-order valence-electron chi connectivity index (χ3n) is 3.62. The lowest BCUT2D eigenvalue weighted by atomic mass is 10.0. The molecule has 1 aliphatic rings. The highest BCUT2D eigenvalue weighted by Gasteiger charge is 2.36. The molecule has 0 N–H and O–H groups in total. The van der Waals surface area contributed by atoms with Crippen LogP contribution in [0.5, 0.6) is 0 Å². The molecule has 20 heavy (non-hydrogen) atoms. The number of carbonyl (C=O) groups excluding carboxylic acids is 1. The maximum Gasteiger partial charge on any atom is 0.255 e. The Kier molecular flexibility index (Phi) is 3.00. The highest BCUT2D eigenvalue weighted by atomic mass is 16.2. The van der Waals surface area contributed by atoms with Gasteiger partial charge in [0.25, 0.3) is 5.91 Å². The normalized spacial score (nSPS) is 16.9. The van der Waals surface area contributed by atoms with Crippen LogP contribution in [0.2, 0.25) is 0 Å². The van der Waals surface area contributed by atoms with Crippen LogP contribution in [-0.4, -0.2) is 10.8 Å². The molecule has 0 saturated carbocycles. The summed E-state index contributed by atoms with van der Waals surface area (Å²) in [6.07, 6.45) is 0. The zero-order valence-electron chi connectivity index (χ0n) is 11.2. The molecule has 1 heterocycles. The van der Waals surface area contributed by atoms with Crippen molar-refractivity contribution in [2.45, 2.75) is 19.5 Å². The largest absolute Gasteiger partial charge is 0.314 e. The van der Waals surface area contributed by atoms with Crippen molar-refractivity contribution in [1.82, 2.24) is 4.90 Å². The monoisotopic (exact) mass is 262 g/mol. The summed E-state index contributed by atoms with van der Waals surface area (Å²) in [5.74, 6) is -0.0598. The first kappa shape index (κ1) is 12.4. The second-order valence-electron chi connectivity index (χ2n) is 5.04. The predicted molar refractivity (Wildman–Crippen MR) is 75.8 cm³/mol. The third-order valence-corrected chi connectivity index (χ3v) is 3.62. The van der Waals surface area contributed by atoms with Gasteiger partial charge in [-0.25, -0.2) is 0 Å². The summed E-state index contributed by atoms with van der Waals surface area (Å²) in [6.45, 7) is 2.44. The zero-order chi connectivity index (χ0) is 14.1. The van der Waals surface area contributed by atoms with E-state index < -0.39 is 6.04 Å². The van der Waals surface area contributed by atoms with Crippen LogP contribution in [0.3, 0.4) is 0 Å². The Morgan fingerprint density at radius 3 is 2.65 bits per heavy atom. The second kappa shape index (κ2) is 4.82. The van der Waals surface area contributed by atoms with Crippen LogP contribution >= 0.6 is 0 Å². The van der Waals surface area contributed by atoms with Crippen molar-refractivity contribution < 1.29 is 4.79 Å². The summed E-state index contributed by atoms with van der Waals surface area (Å²) in [5.41, 5.74) is 3.58. The number of benzene rings is 2. The number of fused-ring (bicyclic) bond motifs is 1. The summed E-state index contributed by atoms with van der Waals surface area (Å²) in [7, 11) is 0. The highest BCUT2D eigenvalue weighted by molar-refractivity contribution is 5.99. The van der Waals surface area contributed by atoms with Crippen LogP contribution in [0, 0.1) is 18.3 Å². The van der Waals surface area contributed by atoms with E-state index in [-0.39, 0.29) is 5.91 Å². The van der Waals surface area contributed by atoms with Crippen molar-refractivity contribution in [3.63, 3.8) is 0 Å². The molecule has 0 saturated heterocycles. The molecule has 0 aromatic heterocycles. The van der Waals surface area contributed by atoms with Crippen LogP contribution in [0.4, 0.5) is 0 Å². The maximum atomic E-state index is 12.5. The van der Waals surface area contributed by atoms with E-state index >= 15 is 0 Å². The first-order valence-corrected chi connectivity index (χ1v) is 6.56. The van der Waals surface area contributed by atoms with E-state index in [0.717, 1.165) is 16.7 Å². The number of nitrogens with zero attached hydrogens (tertiary/aromatic N) is 2. The fourth-order valence-electron chi connectivity index (χ4n) is 2.63. The molecular weight excluding hydrogens is 248 g/mol. The van der Waals surface area contributed by atoms with Crippen LogP contribution in [-0.2, 0) is 6.54 Å². The van der Waals surface area contributed by atoms with Gasteiger partial charge in [0, 0.05) is 17.7 Å². The second-order valence-corrected chi connectivity index (χ2v) is 5.04. The van der Waals surface area contributed by atoms with E-state index in [0.29, 0.717) is 12.1 Å². The van der Waals surface area contributed by atoms with Gasteiger partial charge in [-0.2, -0.15) is 5.26 Å². The first-order valence-electron chi connectivity index (χ1n) is 6.56. The topological polar surface area (TPSA) is 44.1 Å². The minimum absolute atomic E-state index is 0.0598.